The van der Waals surface area contributed by atoms with Crippen LogP contribution < -0.4 is 0 Å². The van der Waals surface area contributed by atoms with Gasteiger partial charge in [-0.3, -0.25) is 0 Å². The number of nitrogens with zero attached hydrogens (tertiary/aromatic N) is 2. The van der Waals surface area contributed by atoms with E-state index >= 15 is 0 Å². The van der Waals surface area contributed by atoms with Gasteiger partial charge < -0.3 is 14.2 Å². The largest absolute Gasteiger partial charge is 0.443 e. The van der Waals surface area contributed by atoms with E-state index < -0.39 is 35.1 Å². The molecule has 0 N–H and O–H groups in total. The summed E-state index contributed by atoms with van der Waals surface area (Å²) >= 11 is 0. The second-order valence-electron chi connectivity index (χ2n) is 11.3. The first-order chi connectivity index (χ1) is 15.4. The van der Waals surface area contributed by atoms with Crippen LogP contribution in [-0.4, -0.2) is 51.1 Å². The zero-order valence-corrected chi connectivity index (χ0v) is 22.1. The van der Waals surface area contributed by atoms with E-state index in [2.05, 4.69) is 0 Å². The van der Waals surface area contributed by atoms with Crippen LogP contribution in [0.25, 0.3) is 10.9 Å². The molecule has 0 saturated heterocycles. The van der Waals surface area contributed by atoms with E-state index in [1.54, 1.807) is 41.5 Å². The third-order valence-corrected chi connectivity index (χ3v) is 4.63. The maximum atomic E-state index is 13.0. The van der Waals surface area contributed by atoms with Crippen molar-refractivity contribution in [2.45, 2.75) is 92.5 Å². The van der Waals surface area contributed by atoms with Crippen molar-refractivity contribution in [1.29, 1.82) is 0 Å². The molecular weight excluding hydrogens is 436 g/mol. The summed E-state index contributed by atoms with van der Waals surface area (Å²) in [6.07, 6.45) is -1.74. The van der Waals surface area contributed by atoms with Crippen LogP contribution in [0.3, 0.4) is 0 Å². The van der Waals surface area contributed by atoms with E-state index in [4.69, 9.17) is 14.2 Å². The highest BCUT2D eigenvalue weighted by atomic mass is 16.6. The van der Waals surface area contributed by atoms with Crippen LogP contribution in [0.15, 0.2) is 24.3 Å². The van der Waals surface area contributed by atoms with Crippen LogP contribution in [0.5, 0.6) is 0 Å². The molecule has 0 bridgehead atoms. The summed E-state index contributed by atoms with van der Waals surface area (Å²) < 4.78 is 18.0. The van der Waals surface area contributed by atoms with Crippen LogP contribution in [-0.2, 0) is 20.6 Å². The molecule has 2 rings (SSSR count). The van der Waals surface area contributed by atoms with Crippen molar-refractivity contribution in [2.24, 2.45) is 0 Å². The number of fused-ring (bicyclic) bond motifs is 1. The molecule has 0 fully saturated rings. The molecule has 2 amide bonds. The van der Waals surface area contributed by atoms with Gasteiger partial charge in [-0.25, -0.2) is 23.9 Å². The fourth-order valence-corrected chi connectivity index (χ4v) is 3.41. The van der Waals surface area contributed by atoms with Gasteiger partial charge in [0, 0.05) is 17.6 Å². The quantitative estimate of drug-likeness (QED) is 0.475. The van der Waals surface area contributed by atoms with Gasteiger partial charge in [-0.2, -0.15) is 0 Å². The van der Waals surface area contributed by atoms with Gasteiger partial charge >= 0.3 is 18.3 Å². The lowest BCUT2D eigenvalue weighted by Crippen LogP contribution is -2.44. The second-order valence-corrected chi connectivity index (χ2v) is 11.3. The van der Waals surface area contributed by atoms with Gasteiger partial charge in [0.05, 0.1) is 5.52 Å². The first kappa shape index (κ1) is 27.2. The Morgan fingerprint density at radius 3 is 1.74 bits per heavy atom. The third kappa shape index (κ3) is 7.23. The fraction of sp³-hybridized carbons (Fsp3) is 0.577. The molecule has 0 spiro atoms. The normalized spacial score (nSPS) is 12.4. The monoisotopic (exact) mass is 474 g/mol. The lowest BCUT2D eigenvalue weighted by Gasteiger charge is -2.28. The average molecular weight is 475 g/mol. The van der Waals surface area contributed by atoms with Gasteiger partial charge in [-0.15, -0.1) is 0 Å². The maximum Gasteiger partial charge on any atom is 0.419 e. The molecule has 1 heterocycles. The van der Waals surface area contributed by atoms with Crippen molar-refractivity contribution >= 4 is 29.2 Å². The van der Waals surface area contributed by atoms with Gasteiger partial charge in [0.25, 0.3) is 0 Å². The molecule has 0 saturated carbocycles. The number of rotatable bonds is 3. The summed E-state index contributed by atoms with van der Waals surface area (Å²) in [5.41, 5.74) is 0.00642. The first-order valence-electron chi connectivity index (χ1n) is 11.5. The Morgan fingerprint density at radius 1 is 0.794 bits per heavy atom. The number of para-hydroxylation sites is 1. The number of carbonyl (C=O) groups excluding carboxylic acids is 3. The lowest BCUT2D eigenvalue weighted by molar-refractivity contribution is 0.00163. The Bertz CT molecular complexity index is 1040. The summed E-state index contributed by atoms with van der Waals surface area (Å²) in [6.45, 7) is 17.7. The highest BCUT2D eigenvalue weighted by Crippen LogP contribution is 2.28. The van der Waals surface area contributed by atoms with Gasteiger partial charge in [-0.05, 0) is 87.3 Å². The molecule has 0 unspecified atom stereocenters. The number of imide groups is 1. The Labute approximate surface area is 202 Å². The smallest absolute Gasteiger partial charge is 0.419 e. The molecule has 8 heteroatoms. The number of benzene rings is 1. The number of aromatic nitrogens is 1. The number of ether oxygens (including phenoxy) is 3. The van der Waals surface area contributed by atoms with E-state index in [-0.39, 0.29) is 6.54 Å². The Balaban J connectivity index is 2.43. The van der Waals surface area contributed by atoms with Crippen LogP contribution in [0.2, 0.25) is 0 Å². The SMILES string of the molecule is Cc1c(CCN(C(=O)OC(C)(C)C)C(=O)OC(C)(C)C)c2ccccc2n1C(=O)OC(C)(C)C. The zero-order chi connectivity index (χ0) is 26.1. The molecule has 34 heavy (non-hydrogen) atoms. The minimum atomic E-state index is -0.782. The maximum absolute atomic E-state index is 13.0. The molecule has 1 aromatic heterocycles. The van der Waals surface area contributed by atoms with Crippen LogP contribution >= 0.6 is 0 Å². The van der Waals surface area contributed by atoms with Gasteiger partial charge in [0.15, 0.2) is 0 Å². The molecule has 0 aliphatic carbocycles. The van der Waals surface area contributed by atoms with Crippen molar-refractivity contribution in [3.63, 3.8) is 0 Å². The highest BCUT2D eigenvalue weighted by molar-refractivity contribution is 5.94. The number of carbonyl (C=O) groups is 3. The highest BCUT2D eigenvalue weighted by Gasteiger charge is 2.32. The molecule has 0 aliphatic rings. The summed E-state index contributed by atoms with van der Waals surface area (Å²) in [7, 11) is 0. The minimum Gasteiger partial charge on any atom is -0.443 e. The van der Waals surface area contributed by atoms with Crippen LogP contribution in [0.4, 0.5) is 14.4 Å². The lowest BCUT2D eigenvalue weighted by atomic mass is 10.1. The van der Waals surface area contributed by atoms with E-state index in [1.807, 2.05) is 52.0 Å². The van der Waals surface area contributed by atoms with Crippen molar-refractivity contribution in [3.8, 4) is 0 Å². The zero-order valence-electron chi connectivity index (χ0n) is 22.1. The average Bonchev–Trinajstić information content (AvgIpc) is 2.89. The molecule has 1 aromatic carbocycles. The van der Waals surface area contributed by atoms with Crippen molar-refractivity contribution in [3.05, 3.63) is 35.5 Å². The summed E-state index contributed by atoms with van der Waals surface area (Å²) in [4.78, 5) is 39.6. The third-order valence-electron chi connectivity index (χ3n) is 4.63. The number of amides is 2. The van der Waals surface area contributed by atoms with E-state index in [1.165, 1.54) is 4.57 Å². The molecule has 8 nitrogen and oxygen atoms in total. The standard InChI is InChI=1S/C26H38N2O6/c1-17-18(19-13-11-12-14-20(19)28(17)23(31)34-26(8,9)10)15-16-27(21(29)32-24(2,3)4)22(30)33-25(5,6)7/h11-14H,15-16H2,1-10H3. The number of hydrogen-bond donors (Lipinski definition) is 0. The molecule has 2 aromatic rings. The van der Waals surface area contributed by atoms with E-state index in [0.717, 1.165) is 15.8 Å². The molecular formula is C26H38N2O6. The van der Waals surface area contributed by atoms with Crippen molar-refractivity contribution < 1.29 is 28.6 Å². The van der Waals surface area contributed by atoms with Crippen LogP contribution in [0, 0.1) is 6.92 Å². The first-order valence-corrected chi connectivity index (χ1v) is 11.5. The summed E-state index contributed by atoms with van der Waals surface area (Å²) in [6, 6.07) is 7.48. The Hall–Kier alpha value is -3.03. The Kier molecular flexibility index (Phi) is 7.75. The number of hydrogen-bond acceptors (Lipinski definition) is 6. The fourth-order valence-electron chi connectivity index (χ4n) is 3.41. The minimum absolute atomic E-state index is 0.0208. The van der Waals surface area contributed by atoms with E-state index in [0.29, 0.717) is 17.6 Å². The predicted molar refractivity (Wildman–Crippen MR) is 131 cm³/mol. The summed E-state index contributed by atoms with van der Waals surface area (Å²) in [5, 5.41) is 0.846. The summed E-state index contributed by atoms with van der Waals surface area (Å²) in [5.74, 6) is 0. The van der Waals surface area contributed by atoms with E-state index in [9.17, 15) is 14.4 Å². The Morgan fingerprint density at radius 2 is 1.26 bits per heavy atom. The topological polar surface area (TPSA) is 87.1 Å². The van der Waals surface area contributed by atoms with Gasteiger partial charge in [0.1, 0.15) is 16.8 Å². The molecule has 0 aliphatic heterocycles. The van der Waals surface area contributed by atoms with Crippen LogP contribution in [0.1, 0.15) is 73.6 Å². The predicted octanol–water partition coefficient (Wildman–Crippen LogP) is 6.45. The van der Waals surface area contributed by atoms with Crippen molar-refractivity contribution in [2.75, 3.05) is 6.54 Å². The van der Waals surface area contributed by atoms with Gasteiger partial charge in [0.2, 0.25) is 0 Å². The molecule has 0 atom stereocenters. The van der Waals surface area contributed by atoms with Gasteiger partial charge in [-0.1, -0.05) is 18.2 Å². The molecule has 0 radical (unpaired) electrons. The van der Waals surface area contributed by atoms with Crippen molar-refractivity contribution in [1.82, 2.24) is 9.47 Å². The molecule has 188 valence electrons. The second kappa shape index (κ2) is 9.68.